The summed E-state index contributed by atoms with van der Waals surface area (Å²) in [4.78, 5) is 13.9. The van der Waals surface area contributed by atoms with Crippen molar-refractivity contribution in [2.24, 2.45) is 0 Å². The van der Waals surface area contributed by atoms with E-state index in [9.17, 15) is 4.79 Å². The molecule has 0 bridgehead atoms. The van der Waals surface area contributed by atoms with Gasteiger partial charge in [0, 0.05) is 25.3 Å². The van der Waals surface area contributed by atoms with Crippen LogP contribution in [0.1, 0.15) is 13.8 Å². The van der Waals surface area contributed by atoms with Gasteiger partial charge in [-0.15, -0.1) is 0 Å². The van der Waals surface area contributed by atoms with Gasteiger partial charge in [0.05, 0.1) is 13.7 Å². The minimum atomic E-state index is -0.337. The summed E-state index contributed by atoms with van der Waals surface area (Å²) in [7, 11) is 3.58. The molecule has 1 atom stereocenters. The SMILES string of the molecule is CCNC(CN(C)c1cccc(OC)c1)C(=O)OCC. The largest absolute Gasteiger partial charge is 0.497 e. The lowest BCUT2D eigenvalue weighted by Crippen LogP contribution is -2.46. The van der Waals surface area contributed by atoms with Crippen molar-refractivity contribution in [2.75, 3.05) is 38.8 Å². The number of likely N-dealkylation sites (N-methyl/N-ethyl adjacent to an activating group) is 2. The molecule has 0 saturated carbocycles. The Morgan fingerprint density at radius 3 is 2.75 bits per heavy atom. The van der Waals surface area contributed by atoms with E-state index in [4.69, 9.17) is 9.47 Å². The van der Waals surface area contributed by atoms with Gasteiger partial charge < -0.3 is 19.7 Å². The fourth-order valence-electron chi connectivity index (χ4n) is 1.94. The van der Waals surface area contributed by atoms with Gasteiger partial charge >= 0.3 is 5.97 Å². The molecule has 0 amide bonds. The van der Waals surface area contributed by atoms with Crippen molar-refractivity contribution in [1.82, 2.24) is 5.32 Å². The quantitative estimate of drug-likeness (QED) is 0.734. The molecule has 20 heavy (non-hydrogen) atoms. The van der Waals surface area contributed by atoms with Crippen molar-refractivity contribution in [3.05, 3.63) is 24.3 Å². The molecule has 1 aromatic carbocycles. The van der Waals surface area contributed by atoms with Crippen molar-refractivity contribution in [3.63, 3.8) is 0 Å². The van der Waals surface area contributed by atoms with Crippen molar-refractivity contribution in [1.29, 1.82) is 0 Å². The van der Waals surface area contributed by atoms with Crippen molar-refractivity contribution in [3.8, 4) is 5.75 Å². The molecule has 0 saturated heterocycles. The molecule has 0 aliphatic carbocycles. The Morgan fingerprint density at radius 2 is 2.15 bits per heavy atom. The molecule has 5 heteroatoms. The van der Waals surface area contributed by atoms with Crippen LogP contribution in [-0.2, 0) is 9.53 Å². The Morgan fingerprint density at radius 1 is 1.40 bits per heavy atom. The number of hydrogen-bond donors (Lipinski definition) is 1. The number of ether oxygens (including phenoxy) is 2. The third kappa shape index (κ3) is 4.74. The first-order chi connectivity index (χ1) is 9.62. The highest BCUT2D eigenvalue weighted by Gasteiger charge is 2.20. The number of rotatable bonds is 8. The summed E-state index contributed by atoms with van der Waals surface area (Å²) in [5.41, 5.74) is 0.997. The number of anilines is 1. The molecule has 0 radical (unpaired) electrons. The summed E-state index contributed by atoms with van der Waals surface area (Å²) < 4.78 is 10.3. The fourth-order valence-corrected chi connectivity index (χ4v) is 1.94. The van der Waals surface area contributed by atoms with Gasteiger partial charge in [-0.3, -0.25) is 4.79 Å². The Labute approximate surface area is 120 Å². The standard InChI is InChI=1S/C15H24N2O3/c1-5-16-14(15(18)20-6-2)11-17(3)12-8-7-9-13(10-12)19-4/h7-10,14,16H,5-6,11H2,1-4H3. The summed E-state index contributed by atoms with van der Waals surface area (Å²) in [6, 6.07) is 7.41. The average molecular weight is 280 g/mol. The number of hydrogen-bond acceptors (Lipinski definition) is 5. The van der Waals surface area contributed by atoms with Crippen LogP contribution in [0.3, 0.4) is 0 Å². The van der Waals surface area contributed by atoms with Crippen LogP contribution >= 0.6 is 0 Å². The van der Waals surface area contributed by atoms with Gasteiger partial charge in [-0.25, -0.2) is 0 Å². The van der Waals surface area contributed by atoms with Crippen LogP contribution in [0.5, 0.6) is 5.75 Å². The van der Waals surface area contributed by atoms with E-state index in [-0.39, 0.29) is 12.0 Å². The zero-order valence-corrected chi connectivity index (χ0v) is 12.7. The molecule has 1 rings (SSSR count). The summed E-state index contributed by atoms with van der Waals surface area (Å²) in [6.07, 6.45) is 0. The average Bonchev–Trinajstić information content (AvgIpc) is 2.47. The van der Waals surface area contributed by atoms with Crippen molar-refractivity contribution in [2.45, 2.75) is 19.9 Å². The number of carbonyl (C=O) groups excluding carboxylic acids is 1. The molecule has 112 valence electrons. The molecule has 1 N–H and O–H groups in total. The lowest BCUT2D eigenvalue weighted by atomic mass is 10.2. The second kappa shape index (κ2) is 8.43. The van der Waals surface area contributed by atoms with E-state index in [0.717, 1.165) is 18.0 Å². The van der Waals surface area contributed by atoms with Crippen LogP contribution in [0, 0.1) is 0 Å². The molecular weight excluding hydrogens is 256 g/mol. The third-order valence-corrected chi connectivity index (χ3v) is 2.97. The minimum absolute atomic E-state index is 0.218. The summed E-state index contributed by atoms with van der Waals surface area (Å²) in [5.74, 6) is 0.578. The Bertz CT molecular complexity index is 423. The lowest BCUT2D eigenvalue weighted by molar-refractivity contribution is -0.145. The number of esters is 1. The lowest BCUT2D eigenvalue weighted by Gasteiger charge is -2.25. The summed E-state index contributed by atoms with van der Waals surface area (Å²) in [5, 5.41) is 3.15. The van der Waals surface area contributed by atoms with Crippen molar-refractivity contribution < 1.29 is 14.3 Å². The molecule has 5 nitrogen and oxygen atoms in total. The predicted octanol–water partition coefficient (Wildman–Crippen LogP) is 1.67. The van der Waals surface area contributed by atoms with Crippen LogP contribution < -0.4 is 15.0 Å². The number of carbonyl (C=O) groups is 1. The zero-order valence-electron chi connectivity index (χ0n) is 12.7. The maximum Gasteiger partial charge on any atom is 0.324 e. The third-order valence-electron chi connectivity index (χ3n) is 2.97. The number of benzene rings is 1. The first-order valence-electron chi connectivity index (χ1n) is 6.87. The second-order valence-corrected chi connectivity index (χ2v) is 4.44. The maximum absolute atomic E-state index is 11.9. The number of nitrogens with one attached hydrogen (secondary N) is 1. The van der Waals surface area contributed by atoms with E-state index in [1.54, 1.807) is 7.11 Å². The summed E-state index contributed by atoms with van der Waals surface area (Å²) in [6.45, 7) is 5.43. The van der Waals surface area contributed by atoms with Gasteiger partial charge in [0.1, 0.15) is 11.8 Å². The highest BCUT2D eigenvalue weighted by Crippen LogP contribution is 2.20. The number of methoxy groups -OCH3 is 1. The molecule has 0 aliphatic rings. The smallest absolute Gasteiger partial charge is 0.324 e. The first kappa shape index (κ1) is 16.3. The molecule has 0 aromatic heterocycles. The van der Waals surface area contributed by atoms with E-state index in [1.165, 1.54) is 0 Å². The first-order valence-corrected chi connectivity index (χ1v) is 6.87. The van der Waals surface area contributed by atoms with Crippen molar-refractivity contribution >= 4 is 11.7 Å². The minimum Gasteiger partial charge on any atom is -0.497 e. The van der Waals surface area contributed by atoms with E-state index >= 15 is 0 Å². The molecule has 1 unspecified atom stereocenters. The predicted molar refractivity (Wildman–Crippen MR) is 80.4 cm³/mol. The molecule has 1 aromatic rings. The van der Waals surface area contributed by atoms with Gasteiger partial charge in [-0.2, -0.15) is 0 Å². The second-order valence-electron chi connectivity index (χ2n) is 4.44. The van der Waals surface area contributed by atoms with E-state index in [2.05, 4.69) is 5.32 Å². The Kier molecular flexibility index (Phi) is 6.87. The fraction of sp³-hybridized carbons (Fsp3) is 0.533. The maximum atomic E-state index is 11.9. The molecular formula is C15H24N2O3. The molecule has 0 aliphatic heterocycles. The monoisotopic (exact) mass is 280 g/mol. The van der Waals surface area contributed by atoms with Crippen LogP contribution in [0.15, 0.2) is 24.3 Å². The van der Waals surface area contributed by atoms with Gasteiger partial charge in [0.15, 0.2) is 0 Å². The Balaban J connectivity index is 2.73. The summed E-state index contributed by atoms with van der Waals surface area (Å²) >= 11 is 0. The Hall–Kier alpha value is -1.75. The van der Waals surface area contributed by atoms with E-state index < -0.39 is 0 Å². The zero-order chi connectivity index (χ0) is 15.0. The van der Waals surface area contributed by atoms with Crippen LogP contribution in [-0.4, -0.2) is 45.9 Å². The highest BCUT2D eigenvalue weighted by atomic mass is 16.5. The molecule has 0 spiro atoms. The van der Waals surface area contributed by atoms with Crippen LogP contribution in [0.25, 0.3) is 0 Å². The molecule has 0 fully saturated rings. The van der Waals surface area contributed by atoms with E-state index in [0.29, 0.717) is 13.2 Å². The highest BCUT2D eigenvalue weighted by molar-refractivity contribution is 5.76. The van der Waals surface area contributed by atoms with Crippen LogP contribution in [0.2, 0.25) is 0 Å². The van der Waals surface area contributed by atoms with Crippen LogP contribution in [0.4, 0.5) is 5.69 Å². The van der Waals surface area contributed by atoms with Gasteiger partial charge in [-0.1, -0.05) is 13.0 Å². The molecule has 0 heterocycles. The van der Waals surface area contributed by atoms with Gasteiger partial charge in [0.25, 0.3) is 0 Å². The van der Waals surface area contributed by atoms with Gasteiger partial charge in [-0.05, 0) is 25.6 Å². The topological polar surface area (TPSA) is 50.8 Å². The van der Waals surface area contributed by atoms with E-state index in [1.807, 2.05) is 50.1 Å². The van der Waals surface area contributed by atoms with Gasteiger partial charge in [0.2, 0.25) is 0 Å². The normalized spacial score (nSPS) is 11.8. The number of nitrogens with zero attached hydrogens (tertiary/aromatic N) is 1.